The first-order valence-electron chi connectivity index (χ1n) is 14.2. The quantitative estimate of drug-likeness (QED) is 0.300. The molecule has 0 bridgehead atoms. The number of carbonyl (C=O) groups is 1. The number of nitrogens with zero attached hydrogens (tertiary/aromatic N) is 1. The minimum atomic E-state index is -0.889. The lowest BCUT2D eigenvalue weighted by atomic mass is 9.89. The molecular formula is C30H41N3O7S. The Kier molecular flexibility index (Phi) is 9.95. The average molecular weight is 588 g/mol. The fourth-order valence-corrected chi connectivity index (χ4v) is 6.75. The van der Waals surface area contributed by atoms with E-state index in [1.807, 2.05) is 48.5 Å². The number of rotatable bonds is 13. The normalized spacial score (nSPS) is 22.9. The monoisotopic (exact) mass is 587 g/mol. The molecule has 3 aliphatic heterocycles. The molecule has 10 nitrogen and oxygen atoms in total. The molecule has 5 rings (SSSR count). The van der Waals surface area contributed by atoms with Gasteiger partial charge in [-0.05, 0) is 66.9 Å². The van der Waals surface area contributed by atoms with Crippen LogP contribution in [0.15, 0.2) is 53.4 Å². The maximum absolute atomic E-state index is 13.1. The number of hydrogen-bond acceptors (Lipinski definition) is 10. The number of nitrogens with two attached hydrogens (primary N) is 1. The SMILES string of the molecule is CC(C)(CCN)CN(C[C@@H](O)[C@H](Cc1ccccc1)NC(=O)O[C@H]1CO[C@H]2OCC[C@H]21)Sc1ccc2c(c1)OCO2. The third-order valence-electron chi connectivity index (χ3n) is 7.70. The fourth-order valence-electron chi connectivity index (χ4n) is 5.52. The van der Waals surface area contributed by atoms with E-state index in [-0.39, 0.29) is 30.5 Å². The van der Waals surface area contributed by atoms with Gasteiger partial charge < -0.3 is 39.8 Å². The van der Waals surface area contributed by atoms with Crippen molar-refractivity contribution in [2.75, 3.05) is 39.6 Å². The Bertz CT molecular complexity index is 1150. The van der Waals surface area contributed by atoms with Gasteiger partial charge in [-0.1, -0.05) is 44.2 Å². The largest absolute Gasteiger partial charge is 0.454 e. The van der Waals surface area contributed by atoms with Gasteiger partial charge >= 0.3 is 6.09 Å². The number of nitrogens with one attached hydrogen (secondary N) is 1. The second kappa shape index (κ2) is 13.6. The molecule has 224 valence electrons. The Morgan fingerprint density at radius 1 is 1.20 bits per heavy atom. The molecule has 2 fully saturated rings. The van der Waals surface area contributed by atoms with Gasteiger partial charge in [-0.25, -0.2) is 9.10 Å². The molecule has 0 spiro atoms. The van der Waals surface area contributed by atoms with Gasteiger partial charge in [0, 0.05) is 18.0 Å². The van der Waals surface area contributed by atoms with Gasteiger partial charge in [-0.2, -0.15) is 0 Å². The van der Waals surface area contributed by atoms with Crippen molar-refractivity contribution < 1.29 is 33.6 Å². The topological polar surface area (TPSA) is 125 Å². The van der Waals surface area contributed by atoms with Crippen LogP contribution in [0.3, 0.4) is 0 Å². The van der Waals surface area contributed by atoms with E-state index in [2.05, 4.69) is 23.5 Å². The molecule has 0 aromatic heterocycles. The highest BCUT2D eigenvalue weighted by atomic mass is 32.2. The molecule has 5 atom stereocenters. The van der Waals surface area contributed by atoms with Crippen LogP contribution < -0.4 is 20.5 Å². The van der Waals surface area contributed by atoms with Gasteiger partial charge in [0.2, 0.25) is 6.79 Å². The van der Waals surface area contributed by atoms with Crippen LogP contribution in [-0.2, 0) is 20.6 Å². The van der Waals surface area contributed by atoms with E-state index in [9.17, 15) is 9.90 Å². The third-order valence-corrected chi connectivity index (χ3v) is 8.71. The molecule has 4 N–H and O–H groups in total. The maximum Gasteiger partial charge on any atom is 0.407 e. The lowest BCUT2D eigenvalue weighted by Crippen LogP contribution is -2.50. The third kappa shape index (κ3) is 8.06. The highest BCUT2D eigenvalue weighted by Crippen LogP contribution is 2.38. The molecule has 0 aliphatic carbocycles. The Morgan fingerprint density at radius 2 is 2.00 bits per heavy atom. The van der Waals surface area contributed by atoms with Crippen LogP contribution in [-0.4, -0.2) is 79.7 Å². The van der Waals surface area contributed by atoms with Crippen LogP contribution in [0.25, 0.3) is 0 Å². The highest BCUT2D eigenvalue weighted by Gasteiger charge is 2.44. The summed E-state index contributed by atoms with van der Waals surface area (Å²) in [5.41, 5.74) is 6.82. The highest BCUT2D eigenvalue weighted by molar-refractivity contribution is 7.97. The first-order chi connectivity index (χ1) is 19.8. The number of amides is 1. The van der Waals surface area contributed by atoms with E-state index >= 15 is 0 Å². The Labute approximate surface area is 245 Å². The fraction of sp³-hybridized carbons (Fsp3) is 0.567. The zero-order valence-corrected chi connectivity index (χ0v) is 24.5. The van der Waals surface area contributed by atoms with Crippen LogP contribution in [0, 0.1) is 11.3 Å². The van der Waals surface area contributed by atoms with Crippen LogP contribution >= 0.6 is 11.9 Å². The average Bonchev–Trinajstić information content (AvgIpc) is 3.67. The van der Waals surface area contributed by atoms with Crippen molar-refractivity contribution in [3.05, 3.63) is 54.1 Å². The molecule has 0 radical (unpaired) electrons. The van der Waals surface area contributed by atoms with Crippen LogP contribution in [0.5, 0.6) is 11.5 Å². The Balaban J connectivity index is 1.29. The van der Waals surface area contributed by atoms with Crippen molar-refractivity contribution in [3.8, 4) is 11.5 Å². The van der Waals surface area contributed by atoms with Gasteiger partial charge in [0.05, 0.1) is 31.3 Å². The van der Waals surface area contributed by atoms with Crippen molar-refractivity contribution in [1.29, 1.82) is 0 Å². The number of benzene rings is 2. The van der Waals surface area contributed by atoms with E-state index in [0.717, 1.165) is 29.1 Å². The second-order valence-corrected chi connectivity index (χ2v) is 12.8. The summed E-state index contributed by atoms with van der Waals surface area (Å²) in [6.07, 6.45) is -0.0608. The minimum absolute atomic E-state index is 0.0385. The van der Waals surface area contributed by atoms with Crippen molar-refractivity contribution in [2.45, 2.75) is 62.5 Å². The van der Waals surface area contributed by atoms with E-state index < -0.39 is 18.2 Å². The standard InChI is InChI=1S/C30H41N3O7S/c1-30(2,11-12-31)18-33(41-21-8-9-25-26(15-21)39-19-38-25)16-24(34)23(14-20-6-4-3-5-7-20)32-29(35)40-27-17-37-28-22(27)10-13-36-28/h3-9,15,22-24,27-28,34H,10-14,16-19,31H2,1-2H3,(H,32,35)/t22-,23-,24+,27-,28+/m0/s1. The lowest BCUT2D eigenvalue weighted by Gasteiger charge is -2.34. The minimum Gasteiger partial charge on any atom is -0.454 e. The number of fused-ring (bicyclic) bond motifs is 2. The summed E-state index contributed by atoms with van der Waals surface area (Å²) in [4.78, 5) is 14.1. The second-order valence-electron chi connectivity index (χ2n) is 11.6. The summed E-state index contributed by atoms with van der Waals surface area (Å²) in [6.45, 7) is 7.00. The molecule has 3 heterocycles. The summed E-state index contributed by atoms with van der Waals surface area (Å²) in [7, 11) is 0. The number of carbonyl (C=O) groups excluding carboxylic acids is 1. The molecule has 0 saturated carbocycles. The molecule has 2 saturated heterocycles. The molecule has 0 unspecified atom stereocenters. The zero-order chi connectivity index (χ0) is 28.8. The van der Waals surface area contributed by atoms with Crippen molar-refractivity contribution in [2.24, 2.45) is 17.1 Å². The molecular weight excluding hydrogens is 546 g/mol. The Hall–Kier alpha value is -2.54. The van der Waals surface area contributed by atoms with Crippen LogP contribution in [0.2, 0.25) is 0 Å². The number of aliphatic hydroxyl groups is 1. The van der Waals surface area contributed by atoms with E-state index in [4.69, 9.17) is 29.4 Å². The van der Waals surface area contributed by atoms with Crippen molar-refractivity contribution in [3.63, 3.8) is 0 Å². The van der Waals surface area contributed by atoms with E-state index in [0.29, 0.717) is 45.0 Å². The first-order valence-corrected chi connectivity index (χ1v) is 15.0. The predicted octanol–water partition coefficient (Wildman–Crippen LogP) is 3.56. The van der Waals surface area contributed by atoms with Gasteiger partial charge in [0.25, 0.3) is 0 Å². The number of ether oxygens (including phenoxy) is 5. The lowest BCUT2D eigenvalue weighted by molar-refractivity contribution is -0.0907. The molecule has 1 amide bonds. The van der Waals surface area contributed by atoms with E-state index in [1.54, 1.807) is 0 Å². The van der Waals surface area contributed by atoms with Crippen molar-refractivity contribution in [1.82, 2.24) is 9.62 Å². The predicted molar refractivity (Wildman–Crippen MR) is 155 cm³/mol. The number of hydrogen-bond donors (Lipinski definition) is 3. The summed E-state index contributed by atoms with van der Waals surface area (Å²) in [5.74, 6) is 1.46. The van der Waals surface area contributed by atoms with Crippen molar-refractivity contribution >= 4 is 18.0 Å². The van der Waals surface area contributed by atoms with Gasteiger partial charge in [-0.15, -0.1) is 0 Å². The van der Waals surface area contributed by atoms with E-state index in [1.165, 1.54) is 11.9 Å². The Morgan fingerprint density at radius 3 is 2.80 bits per heavy atom. The first kappa shape index (κ1) is 29.9. The van der Waals surface area contributed by atoms with Crippen LogP contribution in [0.4, 0.5) is 4.79 Å². The molecule has 2 aromatic rings. The summed E-state index contributed by atoms with van der Waals surface area (Å²) in [5, 5.41) is 14.6. The zero-order valence-electron chi connectivity index (χ0n) is 23.7. The van der Waals surface area contributed by atoms with Gasteiger partial charge in [0.15, 0.2) is 17.8 Å². The molecule has 3 aliphatic rings. The number of aliphatic hydroxyl groups excluding tert-OH is 1. The van der Waals surface area contributed by atoms with Gasteiger partial charge in [-0.3, -0.25) is 0 Å². The van der Waals surface area contributed by atoms with Crippen LogP contribution in [0.1, 0.15) is 32.3 Å². The summed E-state index contributed by atoms with van der Waals surface area (Å²) >= 11 is 1.54. The van der Waals surface area contributed by atoms with Gasteiger partial charge in [0.1, 0.15) is 6.10 Å². The summed E-state index contributed by atoms with van der Waals surface area (Å²) < 4.78 is 30.1. The summed E-state index contributed by atoms with van der Waals surface area (Å²) in [6, 6.07) is 15.1. The molecule has 11 heteroatoms. The molecule has 2 aromatic carbocycles. The number of alkyl carbamates (subject to hydrolysis) is 1. The molecule has 41 heavy (non-hydrogen) atoms. The maximum atomic E-state index is 13.1. The smallest absolute Gasteiger partial charge is 0.407 e.